The van der Waals surface area contributed by atoms with Gasteiger partial charge >= 0.3 is 0 Å². The lowest BCUT2D eigenvalue weighted by Crippen LogP contribution is -2.04. The van der Waals surface area contributed by atoms with Crippen molar-refractivity contribution >= 4 is 26.8 Å². The van der Waals surface area contributed by atoms with Crippen LogP contribution in [0.2, 0.25) is 0 Å². The van der Waals surface area contributed by atoms with E-state index in [1.165, 1.54) is 0 Å². The first-order chi connectivity index (χ1) is 10.2. The van der Waals surface area contributed by atoms with Crippen LogP contribution in [0.25, 0.3) is 10.9 Å². The third-order valence-corrected chi connectivity index (χ3v) is 4.27. The number of para-hydroxylation sites is 1. The molecule has 0 radical (unpaired) electrons. The normalized spacial score (nSPS) is 11.0. The van der Waals surface area contributed by atoms with Crippen molar-refractivity contribution in [2.24, 2.45) is 5.73 Å². The van der Waals surface area contributed by atoms with Gasteiger partial charge in [0.05, 0.1) is 24.9 Å². The highest BCUT2D eigenvalue weighted by Crippen LogP contribution is 2.25. The first kappa shape index (κ1) is 14.1. The topological polar surface area (TPSA) is 53.1 Å². The molecule has 4 nitrogen and oxygen atoms in total. The lowest BCUT2D eigenvalue weighted by Gasteiger charge is -2.08. The van der Waals surface area contributed by atoms with Crippen LogP contribution in [0.15, 0.2) is 46.9 Å². The Kier molecular flexibility index (Phi) is 3.94. The molecule has 3 aromatic rings. The SMILES string of the molecule is COc1ccc(Br)c(Cn2nc(CN)c3ccccc32)c1. The molecule has 108 valence electrons. The Morgan fingerprint density at radius 2 is 2.05 bits per heavy atom. The van der Waals surface area contributed by atoms with Gasteiger partial charge in [-0.2, -0.15) is 5.10 Å². The van der Waals surface area contributed by atoms with Crippen LogP contribution in [0, 0.1) is 0 Å². The van der Waals surface area contributed by atoms with E-state index >= 15 is 0 Å². The Balaban J connectivity index is 2.06. The molecule has 0 fully saturated rings. The minimum Gasteiger partial charge on any atom is -0.497 e. The van der Waals surface area contributed by atoms with Crippen molar-refractivity contribution in [2.75, 3.05) is 7.11 Å². The first-order valence-corrected chi connectivity index (χ1v) is 7.49. The number of fused-ring (bicyclic) bond motifs is 1. The van der Waals surface area contributed by atoms with Crippen molar-refractivity contribution in [3.05, 3.63) is 58.2 Å². The molecule has 0 aliphatic carbocycles. The molecule has 0 atom stereocenters. The Morgan fingerprint density at radius 1 is 1.24 bits per heavy atom. The van der Waals surface area contributed by atoms with Crippen molar-refractivity contribution in [1.82, 2.24) is 9.78 Å². The molecule has 1 aromatic heterocycles. The molecule has 21 heavy (non-hydrogen) atoms. The van der Waals surface area contributed by atoms with E-state index in [9.17, 15) is 0 Å². The number of aromatic nitrogens is 2. The summed E-state index contributed by atoms with van der Waals surface area (Å²) in [7, 11) is 1.67. The number of halogens is 1. The number of methoxy groups -OCH3 is 1. The molecule has 0 saturated heterocycles. The Hall–Kier alpha value is -1.85. The van der Waals surface area contributed by atoms with Gasteiger partial charge in [-0.05, 0) is 29.8 Å². The van der Waals surface area contributed by atoms with E-state index in [0.29, 0.717) is 13.1 Å². The summed E-state index contributed by atoms with van der Waals surface area (Å²) in [6, 6.07) is 14.1. The van der Waals surface area contributed by atoms with Crippen LogP contribution in [0.3, 0.4) is 0 Å². The second-order valence-corrected chi connectivity index (χ2v) is 5.64. The van der Waals surface area contributed by atoms with Gasteiger partial charge in [0.2, 0.25) is 0 Å². The van der Waals surface area contributed by atoms with Crippen LogP contribution in [0.4, 0.5) is 0 Å². The molecule has 2 aromatic carbocycles. The van der Waals surface area contributed by atoms with Crippen molar-refractivity contribution in [1.29, 1.82) is 0 Å². The van der Waals surface area contributed by atoms with Gasteiger partial charge in [-0.3, -0.25) is 4.68 Å². The molecule has 1 heterocycles. The summed E-state index contributed by atoms with van der Waals surface area (Å²) in [5.41, 5.74) is 8.92. The van der Waals surface area contributed by atoms with Gasteiger partial charge < -0.3 is 10.5 Å². The Morgan fingerprint density at radius 3 is 2.81 bits per heavy atom. The lowest BCUT2D eigenvalue weighted by molar-refractivity contribution is 0.414. The summed E-state index contributed by atoms with van der Waals surface area (Å²) in [4.78, 5) is 0. The number of ether oxygens (including phenoxy) is 1. The molecule has 3 rings (SSSR count). The number of nitrogens with zero attached hydrogens (tertiary/aromatic N) is 2. The molecule has 0 aliphatic rings. The van der Waals surface area contributed by atoms with Crippen LogP contribution < -0.4 is 10.5 Å². The number of hydrogen-bond donors (Lipinski definition) is 1. The Labute approximate surface area is 131 Å². The average Bonchev–Trinajstić information content (AvgIpc) is 2.88. The summed E-state index contributed by atoms with van der Waals surface area (Å²) in [5, 5.41) is 5.74. The predicted octanol–water partition coefficient (Wildman–Crippen LogP) is 3.31. The lowest BCUT2D eigenvalue weighted by atomic mass is 10.2. The smallest absolute Gasteiger partial charge is 0.119 e. The largest absolute Gasteiger partial charge is 0.497 e. The molecule has 0 aliphatic heterocycles. The summed E-state index contributed by atoms with van der Waals surface area (Å²) in [6.45, 7) is 1.10. The van der Waals surface area contributed by atoms with Crippen molar-refractivity contribution < 1.29 is 4.74 Å². The average molecular weight is 346 g/mol. The number of benzene rings is 2. The minimum absolute atomic E-state index is 0.437. The maximum Gasteiger partial charge on any atom is 0.119 e. The van der Waals surface area contributed by atoms with E-state index in [4.69, 9.17) is 10.5 Å². The third-order valence-electron chi connectivity index (χ3n) is 3.50. The minimum atomic E-state index is 0.437. The predicted molar refractivity (Wildman–Crippen MR) is 87.4 cm³/mol. The van der Waals surface area contributed by atoms with E-state index in [1.54, 1.807) is 7.11 Å². The monoisotopic (exact) mass is 345 g/mol. The van der Waals surface area contributed by atoms with Crippen LogP contribution in [0.5, 0.6) is 5.75 Å². The van der Waals surface area contributed by atoms with Gasteiger partial charge in [0, 0.05) is 16.4 Å². The van der Waals surface area contributed by atoms with Gasteiger partial charge in [-0.25, -0.2) is 0 Å². The summed E-state index contributed by atoms with van der Waals surface area (Å²) < 4.78 is 8.31. The molecular formula is C16H16BrN3O. The van der Waals surface area contributed by atoms with E-state index in [0.717, 1.165) is 32.4 Å². The second kappa shape index (κ2) is 5.87. The van der Waals surface area contributed by atoms with Crippen LogP contribution in [-0.4, -0.2) is 16.9 Å². The van der Waals surface area contributed by atoms with Crippen LogP contribution in [0.1, 0.15) is 11.3 Å². The number of rotatable bonds is 4. The third kappa shape index (κ3) is 2.66. The molecule has 0 bridgehead atoms. The van der Waals surface area contributed by atoms with Crippen molar-refractivity contribution in [3.8, 4) is 5.75 Å². The fraction of sp³-hybridized carbons (Fsp3) is 0.188. The highest BCUT2D eigenvalue weighted by atomic mass is 79.9. The summed E-state index contributed by atoms with van der Waals surface area (Å²) in [5.74, 6) is 0.837. The van der Waals surface area contributed by atoms with Gasteiger partial charge in [-0.15, -0.1) is 0 Å². The highest BCUT2D eigenvalue weighted by molar-refractivity contribution is 9.10. The van der Waals surface area contributed by atoms with Crippen LogP contribution in [-0.2, 0) is 13.1 Å². The van der Waals surface area contributed by atoms with E-state index < -0.39 is 0 Å². The van der Waals surface area contributed by atoms with E-state index in [1.807, 2.05) is 35.0 Å². The highest BCUT2D eigenvalue weighted by Gasteiger charge is 2.11. The fourth-order valence-electron chi connectivity index (χ4n) is 2.43. The molecular weight excluding hydrogens is 330 g/mol. The van der Waals surface area contributed by atoms with E-state index in [2.05, 4.69) is 33.2 Å². The van der Waals surface area contributed by atoms with Crippen molar-refractivity contribution in [3.63, 3.8) is 0 Å². The van der Waals surface area contributed by atoms with Gasteiger partial charge in [0.25, 0.3) is 0 Å². The maximum absolute atomic E-state index is 5.79. The quantitative estimate of drug-likeness (QED) is 0.789. The Bertz CT molecular complexity index is 782. The van der Waals surface area contributed by atoms with Crippen molar-refractivity contribution in [2.45, 2.75) is 13.1 Å². The van der Waals surface area contributed by atoms with Gasteiger partial charge in [-0.1, -0.05) is 34.1 Å². The van der Waals surface area contributed by atoms with Gasteiger partial charge in [0.15, 0.2) is 0 Å². The zero-order chi connectivity index (χ0) is 14.8. The molecule has 0 saturated carbocycles. The standard InChI is InChI=1S/C16H16BrN3O/c1-21-12-6-7-14(17)11(8-12)10-20-16-5-3-2-4-13(16)15(9-18)19-20/h2-8H,9-10,18H2,1H3. The molecule has 5 heteroatoms. The van der Waals surface area contributed by atoms with E-state index in [-0.39, 0.29) is 0 Å². The van der Waals surface area contributed by atoms with Crippen LogP contribution >= 0.6 is 15.9 Å². The second-order valence-electron chi connectivity index (χ2n) is 4.78. The molecule has 0 unspecified atom stereocenters. The zero-order valence-corrected chi connectivity index (χ0v) is 13.3. The summed E-state index contributed by atoms with van der Waals surface area (Å²) >= 11 is 3.58. The van der Waals surface area contributed by atoms with Gasteiger partial charge in [0.1, 0.15) is 5.75 Å². The first-order valence-electron chi connectivity index (χ1n) is 6.70. The molecule has 2 N–H and O–H groups in total. The molecule has 0 amide bonds. The fourth-order valence-corrected chi connectivity index (χ4v) is 2.80. The maximum atomic E-state index is 5.79. The number of hydrogen-bond acceptors (Lipinski definition) is 3. The summed E-state index contributed by atoms with van der Waals surface area (Å²) in [6.07, 6.45) is 0. The number of nitrogens with two attached hydrogens (primary N) is 1. The zero-order valence-electron chi connectivity index (χ0n) is 11.7. The molecule has 0 spiro atoms.